The van der Waals surface area contributed by atoms with Gasteiger partial charge in [-0.25, -0.2) is 0 Å². The fourth-order valence-corrected chi connectivity index (χ4v) is 4.09. The van der Waals surface area contributed by atoms with Crippen molar-refractivity contribution in [3.05, 3.63) is 71.0 Å². The number of nitrogens with zero attached hydrogens (tertiary/aromatic N) is 2. The molecular weight excluding hydrogens is 346 g/mol. The number of amides is 1. The highest BCUT2D eigenvalue weighted by molar-refractivity contribution is 6.31. The third-order valence-corrected chi connectivity index (χ3v) is 5.51. The van der Waals surface area contributed by atoms with Crippen LogP contribution in [0.4, 0.5) is 0 Å². The van der Waals surface area contributed by atoms with Gasteiger partial charge >= 0.3 is 0 Å². The molecule has 0 radical (unpaired) electrons. The van der Waals surface area contributed by atoms with E-state index in [1.54, 1.807) is 0 Å². The van der Waals surface area contributed by atoms with Crippen LogP contribution in [0.3, 0.4) is 0 Å². The first-order valence-electron chi connectivity index (χ1n) is 8.80. The third kappa shape index (κ3) is 2.49. The first-order chi connectivity index (χ1) is 12.7. The van der Waals surface area contributed by atoms with Crippen LogP contribution in [0.15, 0.2) is 54.7 Å². The van der Waals surface area contributed by atoms with E-state index in [0.717, 1.165) is 29.4 Å². The van der Waals surface area contributed by atoms with Crippen molar-refractivity contribution in [2.45, 2.75) is 19.5 Å². The van der Waals surface area contributed by atoms with E-state index in [2.05, 4.69) is 17.1 Å². The number of carbonyl (C=O) groups is 1. The van der Waals surface area contributed by atoms with Crippen molar-refractivity contribution in [1.29, 1.82) is 0 Å². The SMILES string of the molecule is O=C(Cn1ccc2ccc(Cl)cc21)N1CCc2[nH]c3ccccc3c2C1. The number of aromatic nitrogens is 2. The van der Waals surface area contributed by atoms with Crippen molar-refractivity contribution >= 4 is 39.3 Å². The van der Waals surface area contributed by atoms with E-state index >= 15 is 0 Å². The van der Waals surface area contributed by atoms with E-state index < -0.39 is 0 Å². The summed E-state index contributed by atoms with van der Waals surface area (Å²) in [5.41, 5.74) is 4.66. The van der Waals surface area contributed by atoms with Crippen LogP contribution in [0.1, 0.15) is 11.3 Å². The summed E-state index contributed by atoms with van der Waals surface area (Å²) in [6.07, 6.45) is 2.83. The van der Waals surface area contributed by atoms with Gasteiger partial charge in [0.15, 0.2) is 0 Å². The molecule has 2 aromatic carbocycles. The van der Waals surface area contributed by atoms with Crippen LogP contribution in [0.25, 0.3) is 21.8 Å². The van der Waals surface area contributed by atoms with Crippen molar-refractivity contribution in [2.75, 3.05) is 6.54 Å². The number of nitrogens with one attached hydrogen (secondary N) is 1. The van der Waals surface area contributed by atoms with Gasteiger partial charge in [0.25, 0.3) is 0 Å². The van der Waals surface area contributed by atoms with Crippen molar-refractivity contribution in [3.63, 3.8) is 0 Å². The molecule has 4 nitrogen and oxygen atoms in total. The molecule has 2 aromatic heterocycles. The molecule has 26 heavy (non-hydrogen) atoms. The van der Waals surface area contributed by atoms with Crippen LogP contribution >= 0.6 is 11.6 Å². The lowest BCUT2D eigenvalue weighted by Gasteiger charge is -2.27. The van der Waals surface area contributed by atoms with E-state index in [1.165, 1.54) is 16.6 Å². The minimum absolute atomic E-state index is 0.137. The summed E-state index contributed by atoms with van der Waals surface area (Å²) in [4.78, 5) is 18.4. The van der Waals surface area contributed by atoms with Gasteiger partial charge in [0.05, 0.1) is 0 Å². The Balaban J connectivity index is 1.42. The number of rotatable bonds is 2. The Hall–Kier alpha value is -2.72. The molecule has 0 unspecified atom stereocenters. The van der Waals surface area contributed by atoms with Gasteiger partial charge in [-0.15, -0.1) is 0 Å². The fourth-order valence-electron chi connectivity index (χ4n) is 3.92. The summed E-state index contributed by atoms with van der Waals surface area (Å²) >= 11 is 6.12. The van der Waals surface area contributed by atoms with Gasteiger partial charge in [-0.3, -0.25) is 4.79 Å². The lowest BCUT2D eigenvalue weighted by molar-refractivity contribution is -0.132. The number of benzene rings is 2. The predicted octanol–water partition coefficient (Wildman–Crippen LogP) is 4.36. The number of halogens is 1. The smallest absolute Gasteiger partial charge is 0.242 e. The molecule has 130 valence electrons. The molecule has 3 heterocycles. The number of para-hydroxylation sites is 1. The lowest BCUT2D eigenvalue weighted by Crippen LogP contribution is -2.37. The van der Waals surface area contributed by atoms with Gasteiger partial charge in [-0.1, -0.05) is 35.9 Å². The Kier molecular flexibility index (Phi) is 3.54. The number of hydrogen-bond donors (Lipinski definition) is 1. The maximum atomic E-state index is 12.9. The Labute approximate surface area is 156 Å². The molecule has 5 rings (SSSR count). The van der Waals surface area contributed by atoms with Crippen LogP contribution in [-0.4, -0.2) is 26.9 Å². The van der Waals surface area contributed by atoms with Gasteiger partial charge < -0.3 is 14.5 Å². The Morgan fingerprint density at radius 2 is 2.04 bits per heavy atom. The Morgan fingerprint density at radius 1 is 1.15 bits per heavy atom. The molecule has 0 fully saturated rings. The van der Waals surface area contributed by atoms with E-state index in [1.807, 2.05) is 52.1 Å². The van der Waals surface area contributed by atoms with Gasteiger partial charge in [0.2, 0.25) is 5.91 Å². The van der Waals surface area contributed by atoms with Crippen LogP contribution in [-0.2, 0) is 24.3 Å². The highest BCUT2D eigenvalue weighted by atomic mass is 35.5. The minimum Gasteiger partial charge on any atom is -0.358 e. The first kappa shape index (κ1) is 15.5. The number of H-pyrrole nitrogens is 1. The predicted molar refractivity (Wildman–Crippen MR) is 104 cm³/mol. The highest BCUT2D eigenvalue weighted by Gasteiger charge is 2.24. The summed E-state index contributed by atoms with van der Waals surface area (Å²) < 4.78 is 1.98. The molecule has 1 aliphatic heterocycles. The average molecular weight is 364 g/mol. The molecule has 0 aliphatic carbocycles. The van der Waals surface area contributed by atoms with Crippen molar-refractivity contribution in [2.24, 2.45) is 0 Å². The molecule has 0 saturated heterocycles. The molecule has 1 N–H and O–H groups in total. The van der Waals surface area contributed by atoms with E-state index in [-0.39, 0.29) is 5.91 Å². The van der Waals surface area contributed by atoms with Gasteiger partial charge in [-0.2, -0.15) is 0 Å². The number of fused-ring (bicyclic) bond motifs is 4. The highest BCUT2D eigenvalue weighted by Crippen LogP contribution is 2.28. The Morgan fingerprint density at radius 3 is 2.96 bits per heavy atom. The molecule has 1 amide bonds. The molecular formula is C21H18ClN3O. The summed E-state index contributed by atoms with van der Waals surface area (Å²) in [6.45, 7) is 1.75. The van der Waals surface area contributed by atoms with Crippen LogP contribution in [0, 0.1) is 0 Å². The first-order valence-corrected chi connectivity index (χ1v) is 9.17. The standard InChI is InChI=1S/C21H18ClN3O/c22-15-6-5-14-7-9-24(20(14)11-15)13-21(26)25-10-8-19-17(12-25)16-3-1-2-4-18(16)23-19/h1-7,9,11,23H,8,10,12-13H2. The second-order valence-electron chi connectivity index (χ2n) is 6.84. The van der Waals surface area contributed by atoms with Crippen molar-refractivity contribution < 1.29 is 4.79 Å². The second kappa shape index (κ2) is 5.92. The molecule has 4 aromatic rings. The molecule has 0 bridgehead atoms. The van der Waals surface area contributed by atoms with Crippen LogP contribution < -0.4 is 0 Å². The zero-order valence-corrected chi connectivity index (χ0v) is 15.0. The maximum absolute atomic E-state index is 12.9. The Bertz CT molecular complexity index is 1140. The van der Waals surface area contributed by atoms with Crippen LogP contribution in [0.5, 0.6) is 0 Å². The quantitative estimate of drug-likeness (QED) is 0.564. The van der Waals surface area contributed by atoms with Gasteiger partial charge in [0, 0.05) is 58.4 Å². The number of aromatic amines is 1. The van der Waals surface area contributed by atoms with E-state index in [9.17, 15) is 4.79 Å². The topological polar surface area (TPSA) is 41.0 Å². The normalized spacial score (nSPS) is 14.1. The number of hydrogen-bond acceptors (Lipinski definition) is 1. The monoisotopic (exact) mass is 363 g/mol. The summed E-state index contributed by atoms with van der Waals surface area (Å²) in [7, 11) is 0. The van der Waals surface area contributed by atoms with Crippen LogP contribution in [0.2, 0.25) is 5.02 Å². The summed E-state index contributed by atoms with van der Waals surface area (Å²) in [5.74, 6) is 0.137. The van der Waals surface area contributed by atoms with E-state index in [0.29, 0.717) is 18.1 Å². The number of carbonyl (C=O) groups excluding carboxylic acids is 1. The van der Waals surface area contributed by atoms with Gasteiger partial charge in [0.1, 0.15) is 6.54 Å². The molecule has 0 atom stereocenters. The van der Waals surface area contributed by atoms with Gasteiger partial charge in [-0.05, 0) is 29.7 Å². The fraction of sp³-hybridized carbons (Fsp3) is 0.190. The van der Waals surface area contributed by atoms with Crippen molar-refractivity contribution in [1.82, 2.24) is 14.5 Å². The minimum atomic E-state index is 0.137. The zero-order chi connectivity index (χ0) is 17.7. The lowest BCUT2D eigenvalue weighted by atomic mass is 10.0. The molecule has 0 saturated carbocycles. The molecule has 5 heteroatoms. The zero-order valence-electron chi connectivity index (χ0n) is 14.2. The maximum Gasteiger partial charge on any atom is 0.242 e. The van der Waals surface area contributed by atoms with Crippen molar-refractivity contribution in [3.8, 4) is 0 Å². The molecule has 0 spiro atoms. The molecule has 1 aliphatic rings. The summed E-state index contributed by atoms with van der Waals surface area (Å²) in [5, 5.41) is 3.00. The summed E-state index contributed by atoms with van der Waals surface area (Å²) in [6, 6.07) is 16.1. The van der Waals surface area contributed by atoms with E-state index in [4.69, 9.17) is 11.6 Å². The second-order valence-corrected chi connectivity index (χ2v) is 7.28. The third-order valence-electron chi connectivity index (χ3n) is 5.28. The average Bonchev–Trinajstić information content (AvgIpc) is 3.22. The largest absolute Gasteiger partial charge is 0.358 e.